The van der Waals surface area contributed by atoms with Gasteiger partial charge in [-0.15, -0.1) is 0 Å². The Morgan fingerprint density at radius 3 is 2.50 bits per heavy atom. The van der Waals surface area contributed by atoms with E-state index in [1.54, 1.807) is 29.8 Å². The molecule has 1 amide bonds. The van der Waals surface area contributed by atoms with E-state index < -0.39 is 11.7 Å². The van der Waals surface area contributed by atoms with Crippen LogP contribution in [-0.2, 0) is 12.7 Å². The smallest absolute Gasteiger partial charge is 0.305 e. The summed E-state index contributed by atoms with van der Waals surface area (Å²) >= 11 is 0. The molecule has 1 aromatic heterocycles. The number of amides is 1. The van der Waals surface area contributed by atoms with Gasteiger partial charge in [0, 0.05) is 17.3 Å². The van der Waals surface area contributed by atoms with Crippen LogP contribution in [0.4, 0.5) is 19.0 Å². The Morgan fingerprint density at radius 1 is 1.07 bits per heavy atom. The fourth-order valence-electron chi connectivity index (χ4n) is 3.00. The number of anilines is 1. The van der Waals surface area contributed by atoms with Crippen LogP contribution in [0.15, 0.2) is 48.5 Å². The summed E-state index contributed by atoms with van der Waals surface area (Å²) in [5, 5.41) is 7.06. The zero-order valence-electron chi connectivity index (χ0n) is 15.8. The molecule has 3 aromatic rings. The Labute approximate surface area is 161 Å². The minimum absolute atomic E-state index is 0.176. The first-order valence-electron chi connectivity index (χ1n) is 8.72. The van der Waals surface area contributed by atoms with Crippen LogP contribution in [0, 0.1) is 20.8 Å². The van der Waals surface area contributed by atoms with E-state index in [1.165, 1.54) is 6.07 Å². The molecule has 146 valence electrons. The third kappa shape index (κ3) is 4.42. The standard InChI is InChI=1S/C21H20F3N3O/c1-13-7-8-18(14(2)9-13)20(28)25-19-10-15(3)27(26-19)12-16-5-4-6-17(11-16)21(22,23)24/h4-11H,12H2,1-3H3,(H,25,26,28). The monoisotopic (exact) mass is 387 g/mol. The molecule has 0 saturated heterocycles. The third-order valence-electron chi connectivity index (χ3n) is 4.44. The number of nitrogens with one attached hydrogen (secondary N) is 1. The summed E-state index contributed by atoms with van der Waals surface area (Å²) in [4.78, 5) is 12.5. The molecule has 3 rings (SSSR count). The first kappa shape index (κ1) is 19.7. The highest BCUT2D eigenvalue weighted by atomic mass is 19.4. The first-order chi connectivity index (χ1) is 13.1. The van der Waals surface area contributed by atoms with E-state index in [9.17, 15) is 18.0 Å². The van der Waals surface area contributed by atoms with Crippen LogP contribution in [0.5, 0.6) is 0 Å². The summed E-state index contributed by atoms with van der Waals surface area (Å²) in [5.74, 6) is 0.0793. The molecule has 2 aromatic carbocycles. The second-order valence-electron chi connectivity index (χ2n) is 6.80. The topological polar surface area (TPSA) is 46.9 Å². The number of hydrogen-bond acceptors (Lipinski definition) is 2. The average Bonchev–Trinajstić information content (AvgIpc) is 2.93. The van der Waals surface area contributed by atoms with Crippen molar-refractivity contribution >= 4 is 11.7 Å². The molecule has 0 atom stereocenters. The summed E-state index contributed by atoms with van der Waals surface area (Å²) in [5.41, 5.74) is 2.99. The molecular weight excluding hydrogens is 367 g/mol. The van der Waals surface area contributed by atoms with E-state index >= 15 is 0 Å². The summed E-state index contributed by atoms with van der Waals surface area (Å²) in [6.45, 7) is 5.77. The lowest BCUT2D eigenvalue weighted by molar-refractivity contribution is -0.137. The lowest BCUT2D eigenvalue weighted by atomic mass is 10.1. The van der Waals surface area contributed by atoms with Crippen LogP contribution in [0.2, 0.25) is 0 Å². The Hall–Kier alpha value is -3.09. The predicted octanol–water partition coefficient (Wildman–Crippen LogP) is 5.13. The van der Waals surface area contributed by atoms with E-state index in [0.717, 1.165) is 29.0 Å². The molecule has 28 heavy (non-hydrogen) atoms. The van der Waals surface area contributed by atoms with Gasteiger partial charge in [-0.3, -0.25) is 9.48 Å². The van der Waals surface area contributed by atoms with E-state index in [4.69, 9.17) is 0 Å². The van der Waals surface area contributed by atoms with E-state index in [1.807, 2.05) is 26.0 Å². The van der Waals surface area contributed by atoms with Crippen molar-refractivity contribution in [2.45, 2.75) is 33.5 Å². The van der Waals surface area contributed by atoms with Gasteiger partial charge in [-0.2, -0.15) is 18.3 Å². The normalized spacial score (nSPS) is 11.5. The highest BCUT2D eigenvalue weighted by molar-refractivity contribution is 6.04. The van der Waals surface area contributed by atoms with Gasteiger partial charge in [0.15, 0.2) is 5.82 Å². The molecule has 1 heterocycles. The van der Waals surface area contributed by atoms with E-state index in [2.05, 4.69) is 10.4 Å². The van der Waals surface area contributed by atoms with Crippen LogP contribution < -0.4 is 5.32 Å². The number of rotatable bonds is 4. The number of aromatic nitrogens is 2. The summed E-state index contributed by atoms with van der Waals surface area (Å²) in [7, 11) is 0. The number of aryl methyl sites for hydroxylation is 3. The van der Waals surface area contributed by atoms with Crippen LogP contribution in [-0.4, -0.2) is 15.7 Å². The number of carbonyl (C=O) groups is 1. The van der Waals surface area contributed by atoms with Gasteiger partial charge in [0.2, 0.25) is 0 Å². The number of nitrogens with zero attached hydrogens (tertiary/aromatic N) is 2. The van der Waals surface area contributed by atoms with Crippen molar-refractivity contribution in [2.75, 3.05) is 5.32 Å². The lowest BCUT2D eigenvalue weighted by Crippen LogP contribution is -2.14. The Kier molecular flexibility index (Phi) is 5.27. The van der Waals surface area contributed by atoms with Crippen LogP contribution in [0.25, 0.3) is 0 Å². The zero-order chi connectivity index (χ0) is 20.5. The number of hydrogen-bond donors (Lipinski definition) is 1. The van der Waals surface area contributed by atoms with Crippen molar-refractivity contribution in [1.82, 2.24) is 9.78 Å². The van der Waals surface area contributed by atoms with Gasteiger partial charge in [0.1, 0.15) is 0 Å². The lowest BCUT2D eigenvalue weighted by Gasteiger charge is -2.09. The van der Waals surface area contributed by atoms with Gasteiger partial charge in [0.05, 0.1) is 12.1 Å². The molecule has 1 N–H and O–H groups in total. The van der Waals surface area contributed by atoms with Crippen molar-refractivity contribution in [2.24, 2.45) is 0 Å². The first-order valence-corrected chi connectivity index (χ1v) is 8.72. The Morgan fingerprint density at radius 2 is 1.82 bits per heavy atom. The molecular formula is C21H20F3N3O. The fraction of sp³-hybridized carbons (Fsp3) is 0.238. The van der Waals surface area contributed by atoms with Gasteiger partial charge < -0.3 is 5.32 Å². The molecule has 0 fully saturated rings. The van der Waals surface area contributed by atoms with Crippen molar-refractivity contribution in [1.29, 1.82) is 0 Å². The summed E-state index contributed by atoms with van der Waals surface area (Å²) < 4.78 is 40.2. The Balaban J connectivity index is 1.77. The molecule has 0 aliphatic heterocycles. The average molecular weight is 387 g/mol. The Bertz CT molecular complexity index is 1020. The van der Waals surface area contributed by atoms with Crippen molar-refractivity contribution in [3.63, 3.8) is 0 Å². The van der Waals surface area contributed by atoms with Crippen LogP contribution >= 0.6 is 0 Å². The highest BCUT2D eigenvalue weighted by Crippen LogP contribution is 2.29. The predicted molar refractivity (Wildman–Crippen MR) is 101 cm³/mol. The van der Waals surface area contributed by atoms with Crippen molar-refractivity contribution in [3.8, 4) is 0 Å². The van der Waals surface area contributed by atoms with Gasteiger partial charge in [-0.25, -0.2) is 0 Å². The van der Waals surface area contributed by atoms with Crippen molar-refractivity contribution < 1.29 is 18.0 Å². The highest BCUT2D eigenvalue weighted by Gasteiger charge is 2.30. The number of carbonyl (C=O) groups excluding carboxylic acids is 1. The van der Waals surface area contributed by atoms with Gasteiger partial charge in [-0.05, 0) is 50.1 Å². The van der Waals surface area contributed by atoms with E-state index in [-0.39, 0.29) is 12.5 Å². The van der Waals surface area contributed by atoms with Crippen LogP contribution in [0.3, 0.4) is 0 Å². The van der Waals surface area contributed by atoms with E-state index in [0.29, 0.717) is 16.9 Å². The molecule has 0 saturated carbocycles. The number of benzene rings is 2. The molecule has 0 spiro atoms. The maximum absolute atomic E-state index is 12.9. The largest absolute Gasteiger partial charge is 0.416 e. The van der Waals surface area contributed by atoms with Crippen LogP contribution in [0.1, 0.15) is 38.3 Å². The second-order valence-corrected chi connectivity index (χ2v) is 6.80. The zero-order valence-corrected chi connectivity index (χ0v) is 15.8. The minimum atomic E-state index is -4.39. The third-order valence-corrected chi connectivity index (χ3v) is 4.44. The molecule has 0 aliphatic rings. The summed E-state index contributed by atoms with van der Waals surface area (Å²) in [6, 6.07) is 12.4. The molecule has 0 bridgehead atoms. The van der Waals surface area contributed by atoms with Gasteiger partial charge >= 0.3 is 6.18 Å². The minimum Gasteiger partial charge on any atom is -0.305 e. The maximum Gasteiger partial charge on any atom is 0.416 e. The van der Waals surface area contributed by atoms with Gasteiger partial charge in [-0.1, -0.05) is 29.8 Å². The molecule has 0 unspecified atom stereocenters. The molecule has 0 radical (unpaired) electrons. The number of halogens is 3. The second kappa shape index (κ2) is 7.50. The molecule has 4 nitrogen and oxygen atoms in total. The van der Waals surface area contributed by atoms with Crippen molar-refractivity contribution in [3.05, 3.63) is 82.0 Å². The molecule has 0 aliphatic carbocycles. The quantitative estimate of drug-likeness (QED) is 0.675. The van der Waals surface area contributed by atoms with Gasteiger partial charge in [0.25, 0.3) is 5.91 Å². The SMILES string of the molecule is Cc1ccc(C(=O)Nc2cc(C)n(Cc3cccc(C(F)(F)F)c3)n2)c(C)c1. The molecule has 7 heteroatoms. The maximum atomic E-state index is 12.9. The number of alkyl halides is 3. The summed E-state index contributed by atoms with van der Waals surface area (Å²) in [6.07, 6.45) is -4.39. The fourth-order valence-corrected chi connectivity index (χ4v) is 3.00.